The molecule has 0 amide bonds. The Kier molecular flexibility index (Phi) is 21.1. The Bertz CT molecular complexity index is 730. The van der Waals surface area contributed by atoms with Gasteiger partial charge in [0.15, 0.2) is 0 Å². The number of hydrogen-bond acceptors (Lipinski definition) is 4. The zero-order valence-corrected chi connectivity index (χ0v) is 19.1. The molecule has 0 spiro atoms. The van der Waals surface area contributed by atoms with Gasteiger partial charge in [0.25, 0.3) is 0 Å². The third-order valence-electron chi connectivity index (χ3n) is 3.00. The Morgan fingerprint density at radius 2 is 1.79 bits per heavy atom. The summed E-state index contributed by atoms with van der Waals surface area (Å²) < 4.78 is 4.26. The molecule has 0 fully saturated rings. The first kappa shape index (κ1) is 30.4. The molecule has 0 aliphatic heterocycles. The van der Waals surface area contributed by atoms with Crippen LogP contribution in [0.3, 0.4) is 0 Å². The van der Waals surface area contributed by atoms with Crippen molar-refractivity contribution in [2.24, 2.45) is 9.98 Å². The van der Waals surface area contributed by atoms with E-state index in [1.165, 1.54) is 13.2 Å². The van der Waals surface area contributed by atoms with Crippen LogP contribution >= 0.6 is 0 Å². The first-order valence-electron chi connectivity index (χ1n) is 8.28. The predicted molar refractivity (Wildman–Crippen MR) is 119 cm³/mol. The Balaban J connectivity index is -0.000000599. The summed E-state index contributed by atoms with van der Waals surface area (Å²) in [5.74, 6) is -0.303. The molecule has 1 aromatic carbocycles. The van der Waals surface area contributed by atoms with Crippen LogP contribution in [0, 0.1) is 14.4 Å². The third kappa shape index (κ3) is 14.8. The number of carbonyl (C=O) groups excluding carboxylic acids is 1. The molecule has 1 aromatic rings. The fraction of sp³-hybridized carbons (Fsp3) is 0.217. The summed E-state index contributed by atoms with van der Waals surface area (Å²) in [5, 5.41) is 0. The van der Waals surface area contributed by atoms with Crippen molar-refractivity contribution in [3.05, 3.63) is 85.5 Å². The Morgan fingerprint density at radius 1 is 1.14 bits per heavy atom. The van der Waals surface area contributed by atoms with Gasteiger partial charge < -0.3 is 12.2 Å². The van der Waals surface area contributed by atoms with Crippen molar-refractivity contribution >= 4 is 24.1 Å². The number of methoxy groups -OCH3 is 1. The molecule has 0 saturated carbocycles. The number of aryl methyl sites for hydroxylation is 1. The SMILES string of the molecule is C/C=C\C(=O)OC.C=C(C)/C(=C\C=C/C)N=CC=Nc1ccccc1C.[CH3-].[Pd]. The minimum absolute atomic E-state index is 0. The van der Waals surface area contributed by atoms with Crippen LogP contribution in [0.5, 0.6) is 0 Å². The summed E-state index contributed by atoms with van der Waals surface area (Å²) in [6.45, 7) is 11.6. The number of carbonyl (C=O) groups is 1. The number of ether oxygens (including phenoxy) is 1. The zero-order valence-electron chi connectivity index (χ0n) is 17.6. The van der Waals surface area contributed by atoms with Crippen molar-refractivity contribution in [1.29, 1.82) is 0 Å². The molecule has 0 unspecified atom stereocenters. The van der Waals surface area contributed by atoms with E-state index in [4.69, 9.17) is 0 Å². The topological polar surface area (TPSA) is 51.0 Å². The Morgan fingerprint density at radius 3 is 2.25 bits per heavy atom. The molecule has 0 aromatic heterocycles. The van der Waals surface area contributed by atoms with E-state index in [2.05, 4.69) is 21.3 Å². The second kappa shape index (κ2) is 19.4. The molecular formula is C23H31N2O2Pd-. The summed E-state index contributed by atoms with van der Waals surface area (Å²) in [6.07, 6.45) is 12.2. The van der Waals surface area contributed by atoms with Crippen molar-refractivity contribution in [3.8, 4) is 0 Å². The van der Waals surface area contributed by atoms with E-state index in [-0.39, 0.29) is 33.8 Å². The van der Waals surface area contributed by atoms with Crippen molar-refractivity contribution in [2.45, 2.75) is 27.7 Å². The van der Waals surface area contributed by atoms with Crippen molar-refractivity contribution < 1.29 is 30.0 Å². The smallest absolute Gasteiger partial charge is 0.330 e. The summed E-state index contributed by atoms with van der Waals surface area (Å²) in [7, 11) is 1.35. The van der Waals surface area contributed by atoms with Gasteiger partial charge in [-0.15, -0.1) is 0 Å². The number of allylic oxidation sites excluding steroid dienone is 5. The van der Waals surface area contributed by atoms with Gasteiger partial charge in [-0.25, -0.2) is 4.79 Å². The van der Waals surface area contributed by atoms with Gasteiger partial charge in [0.05, 0.1) is 18.5 Å². The maximum absolute atomic E-state index is 10.1. The van der Waals surface area contributed by atoms with Gasteiger partial charge in [0, 0.05) is 38.9 Å². The van der Waals surface area contributed by atoms with Gasteiger partial charge >= 0.3 is 5.97 Å². The van der Waals surface area contributed by atoms with Crippen LogP contribution in [-0.4, -0.2) is 25.5 Å². The second-order valence-corrected chi connectivity index (χ2v) is 5.22. The van der Waals surface area contributed by atoms with Gasteiger partial charge in [-0.1, -0.05) is 43.0 Å². The van der Waals surface area contributed by atoms with Crippen molar-refractivity contribution in [1.82, 2.24) is 0 Å². The zero-order chi connectivity index (χ0) is 19.8. The molecule has 156 valence electrons. The monoisotopic (exact) mass is 473 g/mol. The number of para-hydroxylation sites is 1. The number of benzene rings is 1. The molecule has 4 nitrogen and oxygen atoms in total. The molecule has 5 heteroatoms. The van der Waals surface area contributed by atoms with E-state index in [0.29, 0.717) is 0 Å². The number of esters is 1. The molecule has 0 aliphatic rings. The van der Waals surface area contributed by atoms with Crippen molar-refractivity contribution in [3.63, 3.8) is 0 Å². The van der Waals surface area contributed by atoms with Crippen LogP contribution in [-0.2, 0) is 30.0 Å². The summed E-state index contributed by atoms with van der Waals surface area (Å²) in [4.78, 5) is 18.8. The van der Waals surface area contributed by atoms with Gasteiger partial charge in [0.1, 0.15) is 0 Å². The number of nitrogens with zero attached hydrogens (tertiary/aromatic N) is 2. The van der Waals surface area contributed by atoms with Crippen LogP contribution in [0.2, 0.25) is 0 Å². The van der Waals surface area contributed by atoms with Crippen LogP contribution in [0.4, 0.5) is 5.69 Å². The molecule has 0 aliphatic carbocycles. The number of hydrogen-bond donors (Lipinski definition) is 0. The molecule has 1 rings (SSSR count). The van der Waals surface area contributed by atoms with E-state index in [9.17, 15) is 4.79 Å². The number of aliphatic imine (C=N–C) groups is 2. The number of rotatable bonds is 6. The molecule has 0 radical (unpaired) electrons. The van der Waals surface area contributed by atoms with E-state index in [1.54, 1.807) is 25.4 Å². The Hall–Kier alpha value is -2.35. The average Bonchev–Trinajstić information content (AvgIpc) is 2.63. The van der Waals surface area contributed by atoms with Gasteiger partial charge in [0.2, 0.25) is 0 Å². The van der Waals surface area contributed by atoms with E-state index in [0.717, 1.165) is 22.5 Å². The summed E-state index contributed by atoms with van der Waals surface area (Å²) in [6, 6.07) is 7.99. The maximum Gasteiger partial charge on any atom is 0.330 e. The van der Waals surface area contributed by atoms with E-state index >= 15 is 0 Å². The quantitative estimate of drug-likeness (QED) is 0.127. The van der Waals surface area contributed by atoms with Gasteiger partial charge in [-0.3, -0.25) is 9.98 Å². The fourth-order valence-electron chi connectivity index (χ4n) is 1.62. The van der Waals surface area contributed by atoms with E-state index in [1.807, 2.05) is 63.3 Å². The Labute approximate surface area is 184 Å². The summed E-state index contributed by atoms with van der Waals surface area (Å²) in [5.41, 5.74) is 3.90. The molecule has 28 heavy (non-hydrogen) atoms. The molecule has 0 atom stereocenters. The fourth-order valence-corrected chi connectivity index (χ4v) is 1.62. The molecule has 0 heterocycles. The average molecular weight is 474 g/mol. The van der Waals surface area contributed by atoms with Crippen molar-refractivity contribution in [2.75, 3.05) is 7.11 Å². The van der Waals surface area contributed by atoms with Crippen LogP contribution in [0.1, 0.15) is 26.3 Å². The maximum atomic E-state index is 10.1. The largest absolute Gasteiger partial charge is 0.466 e. The first-order chi connectivity index (χ1) is 12.5. The van der Waals surface area contributed by atoms with Gasteiger partial charge in [-0.05, 0) is 51.0 Å². The van der Waals surface area contributed by atoms with Crippen LogP contribution in [0.25, 0.3) is 0 Å². The molecule has 0 bridgehead atoms. The first-order valence-corrected chi connectivity index (χ1v) is 8.28. The molecule has 0 saturated heterocycles. The molecular weight excluding hydrogens is 443 g/mol. The van der Waals surface area contributed by atoms with Crippen LogP contribution in [0.15, 0.2) is 82.5 Å². The summed E-state index contributed by atoms with van der Waals surface area (Å²) >= 11 is 0. The normalized spacial score (nSPS) is 11.1. The van der Waals surface area contributed by atoms with Gasteiger partial charge in [-0.2, -0.15) is 0 Å². The predicted octanol–water partition coefficient (Wildman–Crippen LogP) is 5.99. The minimum Gasteiger partial charge on any atom is -0.466 e. The third-order valence-corrected chi connectivity index (χ3v) is 3.00. The van der Waals surface area contributed by atoms with Crippen LogP contribution < -0.4 is 0 Å². The minimum atomic E-state index is -0.303. The standard InChI is InChI=1S/C17H20N2.C5H8O2.CH3.Pd/c1-5-6-10-16(14(2)3)18-12-13-19-17-11-8-7-9-15(17)4;1-3-4-5(6)7-2;;/h5-13H,2H2,1,3-4H3;3-4H,1-2H3;1H3;/q;;-1;/b6-5-,16-10+,18-12?,19-13?;4-3-;;. The molecule has 0 N–H and O–H groups in total. The second-order valence-electron chi connectivity index (χ2n) is 5.22. The van der Waals surface area contributed by atoms with E-state index < -0.39 is 0 Å².